The molecule has 14 N–H and O–H groups in total. The summed E-state index contributed by atoms with van der Waals surface area (Å²) in [5, 5.41) is 88.6. The highest BCUT2D eigenvalue weighted by atomic mass is 32.1. The number of amides is 5. The number of carboxylic acids is 7. The lowest BCUT2D eigenvalue weighted by molar-refractivity contribution is -0.145. The second kappa shape index (κ2) is 37.4. The van der Waals surface area contributed by atoms with Gasteiger partial charge >= 0.3 is 47.8 Å². The van der Waals surface area contributed by atoms with Gasteiger partial charge in [0.05, 0.1) is 19.6 Å². The topological polar surface area (TPSA) is 427 Å². The van der Waals surface area contributed by atoms with E-state index in [1.807, 2.05) is 42.5 Å². The second-order valence-corrected chi connectivity index (χ2v) is 22.9. The second-order valence-electron chi connectivity index (χ2n) is 22.5. The SMILES string of the molecule is O=C(O)CC[C@H](NC(=O)N[C@@H](CCCCNC(=O)[C@H](Cc1ccc2ccccc2c1)NC(=O)[C@H]1CC[C@H](CNC(=S)Nc2ccc(CNC(=O)CCC(C(=O)O)N3CCN(CC(=O)O)CCN(CC(=O)O)CCN(CC(=O)O)CC3)cc2)CC1)C(=O)O)C(=O)O. The molecule has 1 aliphatic heterocycles. The number of nitrogens with zero attached hydrogens (tertiary/aromatic N) is 4. The van der Waals surface area contributed by atoms with Crippen molar-refractivity contribution in [3.8, 4) is 0 Å². The largest absolute Gasteiger partial charge is 0.481 e. The summed E-state index contributed by atoms with van der Waals surface area (Å²) in [4.78, 5) is 142. The number of benzene rings is 3. The van der Waals surface area contributed by atoms with Gasteiger partial charge in [-0.15, -0.1) is 0 Å². The van der Waals surface area contributed by atoms with E-state index in [4.69, 9.17) is 17.3 Å². The molecule has 1 unspecified atom stereocenters. The minimum absolute atomic E-state index is 0.0668. The van der Waals surface area contributed by atoms with Crippen LogP contribution in [0, 0.1) is 11.8 Å². The molecular formula is C60H83N11O18S. The first kappa shape index (κ1) is 72.2. The van der Waals surface area contributed by atoms with Crippen molar-refractivity contribution < 1.29 is 88.5 Å². The van der Waals surface area contributed by atoms with Gasteiger partial charge in [-0.25, -0.2) is 14.4 Å². The highest BCUT2D eigenvalue weighted by molar-refractivity contribution is 7.80. The Morgan fingerprint density at radius 3 is 1.61 bits per heavy atom. The van der Waals surface area contributed by atoms with E-state index < -0.39 is 96.6 Å². The van der Waals surface area contributed by atoms with Gasteiger partial charge in [-0.2, -0.15) is 0 Å². The van der Waals surface area contributed by atoms with E-state index in [-0.39, 0.29) is 135 Å². The lowest BCUT2D eigenvalue weighted by Crippen LogP contribution is -2.52. The Hall–Kier alpha value is -8.58. The zero-order chi connectivity index (χ0) is 65.7. The molecule has 4 atom stereocenters. The van der Waals surface area contributed by atoms with Gasteiger partial charge in [-0.05, 0) is 110 Å². The van der Waals surface area contributed by atoms with Gasteiger partial charge in [0, 0.05) is 103 Å². The summed E-state index contributed by atoms with van der Waals surface area (Å²) in [6.07, 6.45) is 2.02. The molecule has 1 saturated carbocycles. The van der Waals surface area contributed by atoms with Crippen LogP contribution in [0.1, 0.15) is 81.8 Å². The van der Waals surface area contributed by atoms with Gasteiger partial charge in [-0.1, -0.05) is 54.6 Å². The molecule has 0 radical (unpaired) electrons. The van der Waals surface area contributed by atoms with Crippen molar-refractivity contribution >= 4 is 99.3 Å². The van der Waals surface area contributed by atoms with Crippen LogP contribution in [0.5, 0.6) is 0 Å². The first-order valence-corrected chi connectivity index (χ1v) is 30.3. The van der Waals surface area contributed by atoms with Crippen molar-refractivity contribution in [2.75, 3.05) is 90.4 Å². The van der Waals surface area contributed by atoms with Crippen LogP contribution in [-0.2, 0) is 60.9 Å². The molecule has 5 amide bonds. The highest BCUT2D eigenvalue weighted by Gasteiger charge is 2.32. The summed E-state index contributed by atoms with van der Waals surface area (Å²) in [6.45, 7) is 0.832. The molecule has 2 aliphatic rings. The number of anilines is 1. The highest BCUT2D eigenvalue weighted by Crippen LogP contribution is 2.29. The number of rotatable bonds is 33. The summed E-state index contributed by atoms with van der Waals surface area (Å²) in [6, 6.07) is 14.5. The molecule has 0 aromatic heterocycles. The van der Waals surface area contributed by atoms with Gasteiger partial charge in [0.1, 0.15) is 24.2 Å². The first-order chi connectivity index (χ1) is 42.9. The third-order valence-corrected chi connectivity index (χ3v) is 16.0. The third kappa shape index (κ3) is 26.6. The number of carbonyl (C=O) groups excluding carboxylic acids is 4. The number of carbonyl (C=O) groups is 11. The van der Waals surface area contributed by atoms with E-state index >= 15 is 0 Å². The van der Waals surface area contributed by atoms with Gasteiger partial charge in [-0.3, -0.25) is 58.0 Å². The fraction of sp³-hybridized carbons (Fsp3) is 0.533. The lowest BCUT2D eigenvalue weighted by Gasteiger charge is -2.35. The maximum Gasteiger partial charge on any atom is 0.326 e. The van der Waals surface area contributed by atoms with Gasteiger partial charge in [0.25, 0.3) is 0 Å². The maximum atomic E-state index is 13.9. The fourth-order valence-corrected chi connectivity index (χ4v) is 10.9. The van der Waals surface area contributed by atoms with E-state index in [1.165, 1.54) is 0 Å². The van der Waals surface area contributed by atoms with Crippen LogP contribution in [-0.4, -0.2) is 235 Å². The molecule has 3 aromatic rings. The molecule has 3 aromatic carbocycles. The third-order valence-electron chi connectivity index (χ3n) is 15.7. The van der Waals surface area contributed by atoms with Gasteiger partial charge in [0.15, 0.2) is 5.11 Å². The minimum Gasteiger partial charge on any atom is -0.481 e. The summed E-state index contributed by atoms with van der Waals surface area (Å²) in [7, 11) is 0. The standard InChI is InChI=1S/C60H83N11O18S/c72-49(20-19-48(58(87)88)71-29-27-69(36-52(77)78)25-23-68(35-51(75)76)24-26-70(28-30-71)37-53(79)80)62-33-39-11-16-44(17-12-39)64-60(90)63-34-38-8-14-42(15-9-38)54(81)65-47(32-40-10-13-41-5-1-2-6-43(41)31-40)55(82)61-22-4-3-7-45(56(83)84)66-59(89)67-46(57(85)86)18-21-50(73)74/h1-2,5-6,10-13,16-17,31,38,42,45-48H,3-4,7-9,14-15,18-30,32-37H2,(H,61,82)(H,62,72)(H,65,81)(H,73,74)(H,75,76)(H,77,78)(H,79,80)(H,83,84)(H,85,86)(H,87,88)(H2,63,64,90)(H2,66,67,89)/t38-,42-,45-,46-,47-,48?/m0/s1. The molecule has 0 bridgehead atoms. The predicted molar refractivity (Wildman–Crippen MR) is 330 cm³/mol. The van der Waals surface area contributed by atoms with E-state index in [0.717, 1.165) is 21.9 Å². The van der Waals surface area contributed by atoms with E-state index in [0.29, 0.717) is 49.4 Å². The first-order valence-electron chi connectivity index (χ1n) is 29.9. The number of nitrogens with one attached hydrogen (secondary N) is 7. The minimum atomic E-state index is -1.55. The summed E-state index contributed by atoms with van der Waals surface area (Å²) >= 11 is 5.60. The Labute approximate surface area is 525 Å². The number of thiocarbonyl (C=S) groups is 1. The van der Waals surface area contributed by atoms with Crippen molar-refractivity contribution in [2.24, 2.45) is 11.8 Å². The Kier molecular flexibility index (Phi) is 30.0. The van der Waals surface area contributed by atoms with Crippen LogP contribution in [0.4, 0.5) is 10.5 Å². The fourth-order valence-electron chi connectivity index (χ4n) is 10.7. The normalized spacial score (nSPS) is 17.7. The number of hydrogen-bond donors (Lipinski definition) is 14. The van der Waals surface area contributed by atoms with Crippen LogP contribution in [0.2, 0.25) is 0 Å². The van der Waals surface area contributed by atoms with Crippen molar-refractivity contribution in [3.05, 3.63) is 77.9 Å². The number of unbranched alkanes of at least 4 members (excludes halogenated alkanes) is 1. The molecule has 0 spiro atoms. The maximum absolute atomic E-state index is 13.9. The quantitative estimate of drug-likeness (QED) is 0.0302. The van der Waals surface area contributed by atoms with Crippen molar-refractivity contribution in [3.63, 3.8) is 0 Å². The van der Waals surface area contributed by atoms with E-state index in [1.54, 1.807) is 43.9 Å². The van der Waals surface area contributed by atoms with Crippen LogP contribution >= 0.6 is 12.2 Å². The van der Waals surface area contributed by atoms with Gasteiger partial charge < -0.3 is 73.0 Å². The van der Waals surface area contributed by atoms with Crippen molar-refractivity contribution in [2.45, 2.75) is 108 Å². The molecule has 492 valence electrons. The van der Waals surface area contributed by atoms with Crippen molar-refractivity contribution in [1.82, 2.24) is 51.5 Å². The molecule has 2 fully saturated rings. The number of hydrogen-bond acceptors (Lipinski definition) is 16. The molecule has 1 saturated heterocycles. The Bertz CT molecular complexity index is 2940. The summed E-state index contributed by atoms with van der Waals surface area (Å²) in [5.74, 6) is -9.92. The lowest BCUT2D eigenvalue weighted by atomic mass is 9.81. The molecule has 90 heavy (non-hydrogen) atoms. The zero-order valence-corrected chi connectivity index (χ0v) is 50.8. The van der Waals surface area contributed by atoms with E-state index in [2.05, 4.69) is 37.2 Å². The molecule has 29 nitrogen and oxygen atoms in total. The predicted octanol–water partition coefficient (Wildman–Crippen LogP) is 1.34. The van der Waals surface area contributed by atoms with Crippen LogP contribution in [0.25, 0.3) is 10.8 Å². The Balaban J connectivity index is 1.06. The molecular weight excluding hydrogens is 1190 g/mol. The molecule has 5 rings (SSSR count). The van der Waals surface area contributed by atoms with Crippen LogP contribution < -0.4 is 37.2 Å². The zero-order valence-electron chi connectivity index (χ0n) is 50.0. The molecule has 1 aliphatic carbocycles. The number of carboxylic acid groups (broad SMARTS) is 7. The average Bonchev–Trinajstić information content (AvgIpc) is 2.00. The molecule has 1 heterocycles. The summed E-state index contributed by atoms with van der Waals surface area (Å²) < 4.78 is 0. The Morgan fingerprint density at radius 2 is 1.07 bits per heavy atom. The number of urea groups is 1. The monoisotopic (exact) mass is 1280 g/mol. The van der Waals surface area contributed by atoms with Crippen molar-refractivity contribution in [1.29, 1.82) is 0 Å². The Morgan fingerprint density at radius 1 is 0.522 bits per heavy atom. The average molecular weight is 1280 g/mol. The smallest absolute Gasteiger partial charge is 0.326 e. The summed E-state index contributed by atoms with van der Waals surface area (Å²) in [5.41, 5.74) is 2.25. The number of fused-ring (bicyclic) bond motifs is 1. The van der Waals surface area contributed by atoms with Crippen LogP contribution in [0.15, 0.2) is 66.7 Å². The van der Waals surface area contributed by atoms with Crippen LogP contribution in [0.3, 0.4) is 0 Å². The number of aliphatic carboxylic acids is 7. The van der Waals surface area contributed by atoms with E-state index in [9.17, 15) is 83.4 Å². The molecule has 30 heteroatoms. The van der Waals surface area contributed by atoms with Gasteiger partial charge in [0.2, 0.25) is 17.7 Å².